The predicted octanol–water partition coefficient (Wildman–Crippen LogP) is 2.19. The van der Waals surface area contributed by atoms with Crippen LogP contribution in [-0.2, 0) is 0 Å². The summed E-state index contributed by atoms with van der Waals surface area (Å²) in [5, 5.41) is 10.0. The Bertz CT molecular complexity index is 410. The van der Waals surface area contributed by atoms with Crippen molar-refractivity contribution in [2.24, 2.45) is 5.73 Å². The highest BCUT2D eigenvalue weighted by Gasteiger charge is 2.01. The van der Waals surface area contributed by atoms with Crippen LogP contribution in [0.5, 0.6) is 0 Å². The van der Waals surface area contributed by atoms with Crippen LogP contribution < -0.4 is 5.73 Å². The largest absolute Gasteiger partial charge is 0.397 e. The van der Waals surface area contributed by atoms with E-state index in [0.717, 1.165) is 11.1 Å². The minimum absolute atomic E-state index is 0.337. The maximum absolute atomic E-state index is 8.73. The summed E-state index contributed by atoms with van der Waals surface area (Å²) in [6, 6.07) is 9.60. The molecule has 0 aromatic heterocycles. The van der Waals surface area contributed by atoms with Crippen LogP contribution in [0.1, 0.15) is 11.1 Å². The van der Waals surface area contributed by atoms with Gasteiger partial charge in [-0.05, 0) is 12.5 Å². The van der Waals surface area contributed by atoms with Crippen LogP contribution >= 0.6 is 12.2 Å². The summed E-state index contributed by atoms with van der Waals surface area (Å²) >= 11 is 4.69. The molecule has 0 saturated carbocycles. The minimum Gasteiger partial charge on any atom is -0.397 e. The van der Waals surface area contributed by atoms with Crippen LogP contribution in [0.15, 0.2) is 29.8 Å². The maximum atomic E-state index is 8.73. The summed E-state index contributed by atoms with van der Waals surface area (Å²) in [6.07, 6.45) is 0. The molecule has 1 aromatic carbocycles. The number of hydrogen-bond donors (Lipinski definition) is 1. The molecule has 0 radical (unpaired) electrons. The number of thiocarbonyl (C=S) groups is 1. The highest BCUT2D eigenvalue weighted by molar-refractivity contribution is 7.79. The number of allylic oxidation sites excluding steroid dienone is 1. The van der Waals surface area contributed by atoms with Crippen molar-refractivity contribution in [3.05, 3.63) is 41.0 Å². The Morgan fingerprint density at radius 1 is 1.43 bits per heavy atom. The van der Waals surface area contributed by atoms with E-state index in [1.54, 1.807) is 0 Å². The SMILES string of the molecule is Cc1ccc(/C(N)=C(\C#N)C=S)cc1. The van der Waals surface area contributed by atoms with E-state index in [0.29, 0.717) is 11.3 Å². The van der Waals surface area contributed by atoms with Gasteiger partial charge in [0.2, 0.25) is 0 Å². The van der Waals surface area contributed by atoms with Crippen molar-refractivity contribution in [3.8, 4) is 6.07 Å². The van der Waals surface area contributed by atoms with Gasteiger partial charge in [0, 0.05) is 5.37 Å². The second kappa shape index (κ2) is 4.54. The molecule has 70 valence electrons. The fourth-order valence-electron chi connectivity index (χ4n) is 1.04. The number of nitrogens with two attached hydrogens (primary N) is 1. The molecule has 0 amide bonds. The summed E-state index contributed by atoms with van der Waals surface area (Å²) in [4.78, 5) is 0. The number of rotatable bonds is 2. The molecule has 0 aliphatic heterocycles. The van der Waals surface area contributed by atoms with E-state index in [4.69, 9.17) is 11.0 Å². The van der Waals surface area contributed by atoms with Crippen molar-refractivity contribution in [1.82, 2.24) is 0 Å². The Labute approximate surface area is 88.7 Å². The van der Waals surface area contributed by atoms with Crippen LogP contribution in [0.2, 0.25) is 0 Å². The van der Waals surface area contributed by atoms with Crippen molar-refractivity contribution < 1.29 is 0 Å². The standard InChI is InChI=1S/C11H10N2S/c1-8-2-4-9(5-3-8)11(13)10(6-12)7-14/h2-5,7H,13H2,1H3/b11-10-. The topological polar surface area (TPSA) is 49.8 Å². The monoisotopic (exact) mass is 202 g/mol. The lowest BCUT2D eigenvalue weighted by Crippen LogP contribution is -2.01. The van der Waals surface area contributed by atoms with Crippen molar-refractivity contribution in [2.45, 2.75) is 6.92 Å². The highest BCUT2D eigenvalue weighted by atomic mass is 32.1. The Morgan fingerprint density at radius 2 is 2.00 bits per heavy atom. The van der Waals surface area contributed by atoms with Gasteiger partial charge in [0.15, 0.2) is 0 Å². The number of nitrogens with zero attached hydrogens (tertiary/aromatic N) is 1. The molecular weight excluding hydrogens is 192 g/mol. The molecule has 2 nitrogen and oxygen atoms in total. The molecule has 2 N–H and O–H groups in total. The molecule has 0 fully saturated rings. The predicted molar refractivity (Wildman–Crippen MR) is 61.6 cm³/mol. The molecule has 1 aromatic rings. The third-order valence-corrected chi connectivity index (χ3v) is 2.13. The van der Waals surface area contributed by atoms with Crippen molar-refractivity contribution in [1.29, 1.82) is 5.26 Å². The minimum atomic E-state index is 0.337. The second-order valence-electron chi connectivity index (χ2n) is 2.92. The molecule has 14 heavy (non-hydrogen) atoms. The third kappa shape index (κ3) is 2.18. The summed E-state index contributed by atoms with van der Waals surface area (Å²) in [6.45, 7) is 1.99. The van der Waals surface area contributed by atoms with Gasteiger partial charge in [-0.2, -0.15) is 5.26 Å². The molecule has 0 spiro atoms. The zero-order valence-electron chi connectivity index (χ0n) is 7.82. The maximum Gasteiger partial charge on any atom is 0.102 e. The van der Waals surface area contributed by atoms with Crippen LogP contribution in [0.25, 0.3) is 5.70 Å². The fraction of sp³-hybridized carbons (Fsp3) is 0.0909. The van der Waals surface area contributed by atoms with Crippen molar-refractivity contribution >= 4 is 23.3 Å². The van der Waals surface area contributed by atoms with E-state index in [1.807, 2.05) is 37.3 Å². The molecule has 0 aliphatic carbocycles. The Morgan fingerprint density at radius 3 is 2.43 bits per heavy atom. The molecule has 3 heteroatoms. The van der Waals surface area contributed by atoms with Gasteiger partial charge in [0.05, 0.1) is 11.3 Å². The summed E-state index contributed by atoms with van der Waals surface area (Å²) < 4.78 is 0. The molecule has 0 saturated heterocycles. The van der Waals surface area contributed by atoms with E-state index in [9.17, 15) is 0 Å². The number of benzene rings is 1. The van der Waals surface area contributed by atoms with Crippen LogP contribution in [0, 0.1) is 18.3 Å². The summed E-state index contributed by atoms with van der Waals surface area (Å²) in [5.41, 5.74) is 8.52. The number of nitriles is 1. The van der Waals surface area contributed by atoms with E-state index < -0.39 is 0 Å². The van der Waals surface area contributed by atoms with Crippen LogP contribution in [-0.4, -0.2) is 5.37 Å². The lowest BCUT2D eigenvalue weighted by Gasteiger charge is -2.02. The van der Waals surface area contributed by atoms with E-state index >= 15 is 0 Å². The van der Waals surface area contributed by atoms with Crippen LogP contribution in [0.3, 0.4) is 0 Å². The summed E-state index contributed by atoms with van der Waals surface area (Å²) in [5.74, 6) is 0. The Balaban J connectivity index is 3.18. The molecule has 0 bridgehead atoms. The molecular formula is C11H10N2S. The molecule has 0 aliphatic rings. The normalized spacial score (nSPS) is 11.4. The molecule has 0 unspecified atom stereocenters. The first-order valence-electron chi connectivity index (χ1n) is 4.11. The lowest BCUT2D eigenvalue weighted by molar-refractivity contribution is 1.42. The van der Waals surface area contributed by atoms with Gasteiger partial charge in [-0.15, -0.1) is 0 Å². The van der Waals surface area contributed by atoms with Gasteiger partial charge < -0.3 is 5.73 Å². The zero-order chi connectivity index (χ0) is 10.6. The average molecular weight is 202 g/mol. The van der Waals surface area contributed by atoms with Gasteiger partial charge in [0.1, 0.15) is 6.07 Å². The van der Waals surface area contributed by atoms with E-state index in [1.165, 1.54) is 5.37 Å². The highest BCUT2D eigenvalue weighted by Crippen LogP contribution is 2.13. The molecule has 0 heterocycles. The Hall–Kier alpha value is -1.66. The van der Waals surface area contributed by atoms with Gasteiger partial charge in [-0.1, -0.05) is 42.0 Å². The smallest absolute Gasteiger partial charge is 0.102 e. The van der Waals surface area contributed by atoms with Gasteiger partial charge in [-0.3, -0.25) is 0 Å². The number of hydrogen-bond acceptors (Lipinski definition) is 3. The molecule has 1 rings (SSSR count). The first-order chi connectivity index (χ1) is 6.69. The van der Waals surface area contributed by atoms with Gasteiger partial charge in [-0.25, -0.2) is 0 Å². The first kappa shape index (κ1) is 10.4. The Kier molecular flexibility index (Phi) is 3.38. The average Bonchev–Trinajstić information content (AvgIpc) is 2.20. The number of aryl methyl sites for hydroxylation is 1. The lowest BCUT2D eigenvalue weighted by atomic mass is 10.1. The first-order valence-corrected chi connectivity index (χ1v) is 4.58. The summed E-state index contributed by atoms with van der Waals surface area (Å²) in [7, 11) is 0. The zero-order valence-corrected chi connectivity index (χ0v) is 8.64. The van der Waals surface area contributed by atoms with Gasteiger partial charge in [0.25, 0.3) is 0 Å². The third-order valence-electron chi connectivity index (χ3n) is 1.89. The van der Waals surface area contributed by atoms with E-state index in [2.05, 4.69) is 12.2 Å². The van der Waals surface area contributed by atoms with Crippen molar-refractivity contribution in [3.63, 3.8) is 0 Å². The van der Waals surface area contributed by atoms with Crippen molar-refractivity contribution in [2.75, 3.05) is 0 Å². The second-order valence-corrected chi connectivity index (χ2v) is 3.16. The van der Waals surface area contributed by atoms with Crippen LogP contribution in [0.4, 0.5) is 0 Å². The fourth-order valence-corrected chi connectivity index (χ4v) is 1.22. The van der Waals surface area contributed by atoms with E-state index in [-0.39, 0.29) is 0 Å². The van der Waals surface area contributed by atoms with Gasteiger partial charge >= 0.3 is 0 Å². The molecule has 0 atom stereocenters. The quantitative estimate of drug-likeness (QED) is 0.454.